The molecule has 2 N–H and O–H groups in total. The van der Waals surface area contributed by atoms with E-state index in [1.807, 2.05) is 42.2 Å². The summed E-state index contributed by atoms with van der Waals surface area (Å²) < 4.78 is 0. The van der Waals surface area contributed by atoms with E-state index in [9.17, 15) is 4.79 Å². The Morgan fingerprint density at radius 1 is 1.26 bits per heavy atom. The molecule has 6 heteroatoms. The number of nitrogens with two attached hydrogens (primary N) is 1. The van der Waals surface area contributed by atoms with Crippen molar-refractivity contribution in [2.75, 3.05) is 17.2 Å². The first-order valence-corrected chi connectivity index (χ1v) is 7.27. The van der Waals surface area contributed by atoms with Gasteiger partial charge in [-0.15, -0.1) is 24.8 Å². The van der Waals surface area contributed by atoms with Crippen molar-refractivity contribution in [3.8, 4) is 0 Å². The summed E-state index contributed by atoms with van der Waals surface area (Å²) in [6.07, 6.45) is 5.37. The van der Waals surface area contributed by atoms with E-state index in [2.05, 4.69) is 4.98 Å². The van der Waals surface area contributed by atoms with Crippen LogP contribution in [0.25, 0.3) is 0 Å². The van der Waals surface area contributed by atoms with Gasteiger partial charge in [0.2, 0.25) is 5.91 Å². The highest BCUT2D eigenvalue weighted by Gasteiger charge is 2.27. The number of hydrogen-bond acceptors (Lipinski definition) is 3. The van der Waals surface area contributed by atoms with E-state index in [1.165, 1.54) is 0 Å². The predicted octanol–water partition coefficient (Wildman–Crippen LogP) is 3.59. The summed E-state index contributed by atoms with van der Waals surface area (Å²) in [6, 6.07) is 9.60. The zero-order valence-electron chi connectivity index (χ0n) is 12.9. The summed E-state index contributed by atoms with van der Waals surface area (Å²) in [5.74, 6) is -0.0966. The van der Waals surface area contributed by atoms with E-state index in [0.29, 0.717) is 0 Å². The molecule has 1 aliphatic rings. The third-order valence-corrected chi connectivity index (χ3v) is 4.11. The lowest BCUT2D eigenvalue weighted by molar-refractivity contribution is -0.119. The van der Waals surface area contributed by atoms with Gasteiger partial charge in [-0.3, -0.25) is 9.78 Å². The van der Waals surface area contributed by atoms with Gasteiger partial charge in [-0.25, -0.2) is 0 Å². The second-order valence-corrected chi connectivity index (χ2v) is 5.45. The summed E-state index contributed by atoms with van der Waals surface area (Å²) in [6.45, 7) is 2.68. The standard InChI is InChI=1S/C17H19N3O.2ClH/c1-12(13-5-3-9-19-11-13)17(21)20-10-4-6-14-15(18)7-2-8-16(14)20;;/h2-3,5,7-9,11-12H,4,6,10,18H2,1H3;2*1H. The average Bonchev–Trinajstić information content (AvgIpc) is 2.54. The number of nitrogens with zero attached hydrogens (tertiary/aromatic N) is 2. The molecular formula is C17H21Cl2N3O. The smallest absolute Gasteiger partial charge is 0.234 e. The number of hydrogen-bond donors (Lipinski definition) is 1. The molecule has 2 aromatic rings. The number of halogens is 2. The van der Waals surface area contributed by atoms with E-state index in [-0.39, 0.29) is 36.6 Å². The monoisotopic (exact) mass is 353 g/mol. The van der Waals surface area contributed by atoms with Gasteiger partial charge in [-0.2, -0.15) is 0 Å². The van der Waals surface area contributed by atoms with Crippen molar-refractivity contribution < 1.29 is 4.79 Å². The maximum Gasteiger partial charge on any atom is 0.234 e. The Balaban J connectivity index is 0.00000132. The first kappa shape index (κ1) is 19.3. The summed E-state index contributed by atoms with van der Waals surface area (Å²) >= 11 is 0. The Labute approximate surface area is 148 Å². The zero-order chi connectivity index (χ0) is 14.8. The Hall–Kier alpha value is -1.78. The fraction of sp³-hybridized carbons (Fsp3) is 0.294. The van der Waals surface area contributed by atoms with E-state index < -0.39 is 0 Å². The minimum atomic E-state index is -0.203. The molecule has 1 atom stereocenters. The van der Waals surface area contributed by atoms with Crippen LogP contribution in [0.3, 0.4) is 0 Å². The molecule has 0 fully saturated rings. The van der Waals surface area contributed by atoms with Gasteiger partial charge >= 0.3 is 0 Å². The molecule has 0 saturated heterocycles. The molecule has 0 spiro atoms. The Morgan fingerprint density at radius 3 is 2.74 bits per heavy atom. The van der Waals surface area contributed by atoms with Gasteiger partial charge < -0.3 is 10.6 Å². The molecule has 23 heavy (non-hydrogen) atoms. The van der Waals surface area contributed by atoms with Crippen LogP contribution in [-0.4, -0.2) is 17.4 Å². The van der Waals surface area contributed by atoms with Gasteiger partial charge in [0.05, 0.1) is 5.92 Å². The first-order valence-electron chi connectivity index (χ1n) is 7.27. The lowest BCUT2D eigenvalue weighted by Crippen LogP contribution is -2.38. The fourth-order valence-electron chi connectivity index (χ4n) is 2.89. The lowest BCUT2D eigenvalue weighted by Gasteiger charge is -2.32. The number of amides is 1. The first-order chi connectivity index (χ1) is 10.2. The maximum absolute atomic E-state index is 12.8. The van der Waals surface area contributed by atoms with Crippen LogP contribution in [-0.2, 0) is 11.2 Å². The molecule has 1 aromatic carbocycles. The maximum atomic E-state index is 12.8. The van der Waals surface area contributed by atoms with Crippen LogP contribution in [0.15, 0.2) is 42.7 Å². The minimum absolute atomic E-state index is 0. The number of aromatic nitrogens is 1. The molecule has 1 unspecified atom stereocenters. The highest BCUT2D eigenvalue weighted by atomic mass is 35.5. The molecule has 2 heterocycles. The third kappa shape index (κ3) is 3.77. The lowest BCUT2D eigenvalue weighted by atomic mass is 9.96. The fourth-order valence-corrected chi connectivity index (χ4v) is 2.89. The van der Waals surface area contributed by atoms with E-state index in [4.69, 9.17) is 5.73 Å². The number of anilines is 2. The van der Waals surface area contributed by atoms with Crippen molar-refractivity contribution in [2.24, 2.45) is 0 Å². The Bertz CT molecular complexity index is 664. The summed E-state index contributed by atoms with van der Waals surface area (Å²) in [4.78, 5) is 18.8. The SMILES string of the molecule is CC(C(=O)N1CCCc2c(N)cccc21)c1cccnc1.Cl.Cl. The van der Waals surface area contributed by atoms with Gasteiger partial charge in [0.25, 0.3) is 0 Å². The third-order valence-electron chi connectivity index (χ3n) is 4.11. The highest BCUT2D eigenvalue weighted by Crippen LogP contribution is 2.33. The molecule has 0 saturated carbocycles. The molecule has 0 radical (unpaired) electrons. The second-order valence-electron chi connectivity index (χ2n) is 5.45. The Morgan fingerprint density at radius 2 is 2.04 bits per heavy atom. The average molecular weight is 354 g/mol. The number of pyridine rings is 1. The molecule has 1 aromatic heterocycles. The molecule has 4 nitrogen and oxygen atoms in total. The second kappa shape index (κ2) is 8.18. The van der Waals surface area contributed by atoms with Crippen LogP contribution in [0, 0.1) is 0 Å². The zero-order valence-corrected chi connectivity index (χ0v) is 14.6. The van der Waals surface area contributed by atoms with Gasteiger partial charge in [0.15, 0.2) is 0 Å². The molecule has 1 amide bonds. The molecule has 3 rings (SSSR count). The van der Waals surface area contributed by atoms with E-state index >= 15 is 0 Å². The summed E-state index contributed by atoms with van der Waals surface area (Å²) in [5, 5.41) is 0. The largest absolute Gasteiger partial charge is 0.398 e. The van der Waals surface area contributed by atoms with Gasteiger partial charge in [-0.05, 0) is 49.1 Å². The molecular weight excluding hydrogens is 333 g/mol. The minimum Gasteiger partial charge on any atom is -0.398 e. The van der Waals surface area contributed by atoms with Gasteiger partial charge in [0, 0.05) is 30.3 Å². The molecule has 124 valence electrons. The van der Waals surface area contributed by atoms with Crippen molar-refractivity contribution in [1.29, 1.82) is 0 Å². The molecule has 0 aliphatic carbocycles. The topological polar surface area (TPSA) is 59.2 Å². The van der Waals surface area contributed by atoms with Crippen molar-refractivity contribution in [3.63, 3.8) is 0 Å². The van der Waals surface area contributed by atoms with Crippen LogP contribution >= 0.6 is 24.8 Å². The van der Waals surface area contributed by atoms with Crippen LogP contribution in [0.2, 0.25) is 0 Å². The van der Waals surface area contributed by atoms with Crippen LogP contribution in [0.1, 0.15) is 30.4 Å². The van der Waals surface area contributed by atoms with Crippen LogP contribution in [0.5, 0.6) is 0 Å². The van der Waals surface area contributed by atoms with Crippen molar-refractivity contribution in [2.45, 2.75) is 25.7 Å². The van der Waals surface area contributed by atoms with Crippen molar-refractivity contribution in [3.05, 3.63) is 53.9 Å². The van der Waals surface area contributed by atoms with Gasteiger partial charge in [-0.1, -0.05) is 12.1 Å². The van der Waals surface area contributed by atoms with E-state index in [1.54, 1.807) is 12.4 Å². The number of nitrogen functional groups attached to an aromatic ring is 1. The molecule has 1 aliphatic heterocycles. The van der Waals surface area contributed by atoms with Crippen LogP contribution < -0.4 is 10.6 Å². The number of carbonyl (C=O) groups is 1. The number of rotatable bonds is 2. The normalized spacial score (nSPS) is 14.0. The molecule has 0 bridgehead atoms. The van der Waals surface area contributed by atoms with E-state index in [0.717, 1.165) is 41.9 Å². The highest BCUT2D eigenvalue weighted by molar-refractivity contribution is 5.99. The number of carbonyl (C=O) groups excluding carboxylic acids is 1. The predicted molar refractivity (Wildman–Crippen MR) is 98.7 cm³/mol. The van der Waals surface area contributed by atoms with Crippen LogP contribution in [0.4, 0.5) is 11.4 Å². The number of benzene rings is 1. The summed E-state index contributed by atoms with van der Waals surface area (Å²) in [5.41, 5.74) is 9.82. The quantitative estimate of drug-likeness (QED) is 0.839. The Kier molecular flexibility index (Phi) is 6.85. The van der Waals surface area contributed by atoms with Gasteiger partial charge in [0.1, 0.15) is 0 Å². The van der Waals surface area contributed by atoms with Crippen molar-refractivity contribution >= 4 is 42.1 Å². The number of fused-ring (bicyclic) bond motifs is 1. The summed E-state index contributed by atoms with van der Waals surface area (Å²) in [7, 11) is 0. The van der Waals surface area contributed by atoms with Crippen molar-refractivity contribution in [1.82, 2.24) is 4.98 Å².